The van der Waals surface area contributed by atoms with E-state index in [9.17, 15) is 0 Å². The average molecular weight is 228 g/mol. The minimum absolute atomic E-state index is 0.244. The van der Waals surface area contributed by atoms with Crippen LogP contribution in [0.5, 0.6) is 0 Å². The molecule has 0 bridgehead atoms. The van der Waals surface area contributed by atoms with Gasteiger partial charge >= 0.3 is 0 Å². The van der Waals surface area contributed by atoms with Gasteiger partial charge in [-0.25, -0.2) is 4.98 Å². The molecular formula is C11H20N2OS. The first-order valence-electron chi connectivity index (χ1n) is 5.38. The first-order chi connectivity index (χ1) is 7.15. The Balaban J connectivity index is 2.25. The maximum absolute atomic E-state index is 8.98. The number of aliphatic hydroxyl groups excluding tert-OH is 1. The second kappa shape index (κ2) is 6.20. The van der Waals surface area contributed by atoms with Gasteiger partial charge in [-0.3, -0.25) is 0 Å². The molecular weight excluding hydrogens is 208 g/mol. The van der Waals surface area contributed by atoms with Crippen LogP contribution in [0.1, 0.15) is 24.4 Å². The smallest absolute Gasteiger partial charge is 0.0797 e. The molecule has 1 aromatic heterocycles. The summed E-state index contributed by atoms with van der Waals surface area (Å²) in [7, 11) is 0. The van der Waals surface area contributed by atoms with Crippen molar-refractivity contribution in [1.82, 2.24) is 10.3 Å². The molecule has 0 saturated carbocycles. The van der Waals surface area contributed by atoms with Gasteiger partial charge in [0, 0.05) is 24.1 Å². The largest absolute Gasteiger partial charge is 0.396 e. The molecule has 0 spiro atoms. The molecule has 2 N–H and O–H groups in total. The zero-order valence-electron chi connectivity index (χ0n) is 9.66. The molecule has 1 aromatic rings. The van der Waals surface area contributed by atoms with E-state index in [0.717, 1.165) is 18.7 Å². The van der Waals surface area contributed by atoms with Gasteiger partial charge in [-0.2, -0.15) is 0 Å². The molecule has 2 atom stereocenters. The Morgan fingerprint density at radius 3 is 2.80 bits per heavy atom. The topological polar surface area (TPSA) is 45.2 Å². The van der Waals surface area contributed by atoms with Gasteiger partial charge in [0.2, 0.25) is 0 Å². The van der Waals surface area contributed by atoms with Gasteiger partial charge in [-0.05, 0) is 26.2 Å². The zero-order valence-corrected chi connectivity index (χ0v) is 10.5. The van der Waals surface area contributed by atoms with Crippen molar-refractivity contribution in [2.45, 2.75) is 33.2 Å². The molecule has 0 aliphatic carbocycles. The Hall–Kier alpha value is -0.450. The van der Waals surface area contributed by atoms with E-state index in [4.69, 9.17) is 5.11 Å². The van der Waals surface area contributed by atoms with E-state index in [1.807, 2.05) is 12.4 Å². The van der Waals surface area contributed by atoms with Crippen molar-refractivity contribution in [2.24, 2.45) is 5.92 Å². The number of aromatic nitrogens is 1. The summed E-state index contributed by atoms with van der Waals surface area (Å²) >= 11 is 1.71. The highest BCUT2D eigenvalue weighted by molar-refractivity contribution is 7.09. The van der Waals surface area contributed by atoms with Gasteiger partial charge < -0.3 is 10.4 Å². The number of hydrogen-bond donors (Lipinski definition) is 2. The lowest BCUT2D eigenvalue weighted by Crippen LogP contribution is -2.35. The van der Waals surface area contributed by atoms with Crippen LogP contribution in [0.15, 0.2) is 5.51 Å². The maximum Gasteiger partial charge on any atom is 0.0797 e. The second-order valence-electron chi connectivity index (χ2n) is 4.01. The molecule has 2 unspecified atom stereocenters. The number of aliphatic hydroxyl groups is 1. The lowest BCUT2D eigenvalue weighted by Gasteiger charge is -2.18. The lowest BCUT2D eigenvalue weighted by atomic mass is 10.1. The summed E-state index contributed by atoms with van der Waals surface area (Å²) in [6, 6.07) is 0.364. The molecule has 1 heterocycles. The van der Waals surface area contributed by atoms with E-state index < -0.39 is 0 Å². The summed E-state index contributed by atoms with van der Waals surface area (Å²) in [5.74, 6) is 0.313. The van der Waals surface area contributed by atoms with E-state index in [1.54, 1.807) is 11.3 Å². The molecule has 0 amide bonds. The Morgan fingerprint density at radius 2 is 2.27 bits per heavy atom. The highest BCUT2D eigenvalue weighted by atomic mass is 32.1. The quantitative estimate of drug-likeness (QED) is 0.777. The Kier molecular flexibility index (Phi) is 5.22. The minimum atomic E-state index is 0.244. The molecule has 0 fully saturated rings. The number of thiazole rings is 1. The first-order valence-corrected chi connectivity index (χ1v) is 6.26. The van der Waals surface area contributed by atoms with Crippen LogP contribution in [0.4, 0.5) is 0 Å². The van der Waals surface area contributed by atoms with E-state index in [0.29, 0.717) is 12.0 Å². The molecule has 4 heteroatoms. The minimum Gasteiger partial charge on any atom is -0.396 e. The lowest BCUT2D eigenvalue weighted by molar-refractivity contribution is 0.208. The van der Waals surface area contributed by atoms with Crippen LogP contribution in [-0.2, 0) is 6.42 Å². The Labute approximate surface area is 95.6 Å². The van der Waals surface area contributed by atoms with Crippen molar-refractivity contribution < 1.29 is 5.11 Å². The zero-order chi connectivity index (χ0) is 11.3. The fourth-order valence-electron chi connectivity index (χ4n) is 1.34. The van der Waals surface area contributed by atoms with Crippen LogP contribution in [0.3, 0.4) is 0 Å². The van der Waals surface area contributed by atoms with Gasteiger partial charge in [0.1, 0.15) is 0 Å². The SMILES string of the molecule is Cc1ncsc1CCNC(C)C(C)CO. The van der Waals surface area contributed by atoms with Crippen molar-refractivity contribution in [1.29, 1.82) is 0 Å². The third-order valence-electron chi connectivity index (χ3n) is 2.80. The van der Waals surface area contributed by atoms with Gasteiger partial charge in [-0.1, -0.05) is 6.92 Å². The summed E-state index contributed by atoms with van der Waals surface area (Å²) < 4.78 is 0. The number of aryl methyl sites for hydroxylation is 1. The van der Waals surface area contributed by atoms with Crippen LogP contribution < -0.4 is 5.32 Å². The van der Waals surface area contributed by atoms with E-state index in [2.05, 4.69) is 24.1 Å². The number of hydrogen-bond acceptors (Lipinski definition) is 4. The van der Waals surface area contributed by atoms with Crippen molar-refractivity contribution in [3.63, 3.8) is 0 Å². The van der Waals surface area contributed by atoms with Crippen molar-refractivity contribution >= 4 is 11.3 Å². The standard InChI is InChI=1S/C11H20N2OS/c1-8(6-14)9(2)12-5-4-11-10(3)13-7-15-11/h7-9,12,14H,4-6H2,1-3H3. The third-order valence-corrected chi connectivity index (χ3v) is 3.80. The third kappa shape index (κ3) is 3.89. The molecule has 86 valence electrons. The number of rotatable bonds is 6. The number of nitrogens with zero attached hydrogens (tertiary/aromatic N) is 1. The predicted octanol–water partition coefficient (Wildman–Crippen LogP) is 1.60. The summed E-state index contributed by atoms with van der Waals surface area (Å²) in [5, 5.41) is 12.4. The molecule has 15 heavy (non-hydrogen) atoms. The highest BCUT2D eigenvalue weighted by Crippen LogP contribution is 2.12. The van der Waals surface area contributed by atoms with E-state index in [1.165, 1.54) is 4.88 Å². The summed E-state index contributed by atoms with van der Waals surface area (Å²) in [6.07, 6.45) is 1.03. The molecule has 0 aromatic carbocycles. The van der Waals surface area contributed by atoms with Crippen molar-refractivity contribution in [2.75, 3.05) is 13.2 Å². The van der Waals surface area contributed by atoms with Crippen LogP contribution in [0.2, 0.25) is 0 Å². The second-order valence-corrected chi connectivity index (χ2v) is 4.95. The van der Waals surface area contributed by atoms with E-state index in [-0.39, 0.29) is 6.61 Å². The summed E-state index contributed by atoms with van der Waals surface area (Å²) in [5.41, 5.74) is 3.04. The monoisotopic (exact) mass is 228 g/mol. The maximum atomic E-state index is 8.98. The van der Waals surface area contributed by atoms with Crippen LogP contribution in [0, 0.1) is 12.8 Å². The van der Waals surface area contributed by atoms with Gasteiger partial charge in [0.25, 0.3) is 0 Å². The summed E-state index contributed by atoms with van der Waals surface area (Å²) in [4.78, 5) is 5.57. The molecule has 0 aliphatic heterocycles. The molecule has 3 nitrogen and oxygen atoms in total. The normalized spacial score (nSPS) is 15.2. The Morgan fingerprint density at radius 1 is 1.53 bits per heavy atom. The van der Waals surface area contributed by atoms with Gasteiger partial charge in [0.05, 0.1) is 11.2 Å². The van der Waals surface area contributed by atoms with Gasteiger partial charge in [-0.15, -0.1) is 11.3 Å². The van der Waals surface area contributed by atoms with Crippen molar-refractivity contribution in [3.05, 3.63) is 16.1 Å². The van der Waals surface area contributed by atoms with Gasteiger partial charge in [0.15, 0.2) is 0 Å². The first kappa shape index (κ1) is 12.6. The molecule has 0 aliphatic rings. The average Bonchev–Trinajstić information content (AvgIpc) is 2.63. The van der Waals surface area contributed by atoms with Crippen LogP contribution >= 0.6 is 11.3 Å². The van der Waals surface area contributed by atoms with Crippen LogP contribution in [-0.4, -0.2) is 29.3 Å². The van der Waals surface area contributed by atoms with Crippen LogP contribution in [0.25, 0.3) is 0 Å². The Bertz CT molecular complexity index is 288. The predicted molar refractivity (Wildman–Crippen MR) is 64.3 cm³/mol. The van der Waals surface area contributed by atoms with Crippen molar-refractivity contribution in [3.8, 4) is 0 Å². The number of nitrogens with one attached hydrogen (secondary N) is 1. The fraction of sp³-hybridized carbons (Fsp3) is 0.727. The molecule has 0 radical (unpaired) electrons. The molecule has 1 rings (SSSR count). The highest BCUT2D eigenvalue weighted by Gasteiger charge is 2.10. The molecule has 0 saturated heterocycles. The fourth-order valence-corrected chi connectivity index (χ4v) is 2.12. The van der Waals surface area contributed by atoms with E-state index >= 15 is 0 Å². The summed E-state index contributed by atoms with van der Waals surface area (Å²) in [6.45, 7) is 7.41.